The van der Waals surface area contributed by atoms with Gasteiger partial charge in [-0.25, -0.2) is 0 Å². The van der Waals surface area contributed by atoms with E-state index in [2.05, 4.69) is 6.07 Å². The molecule has 1 atom stereocenters. The van der Waals surface area contributed by atoms with Gasteiger partial charge in [0.05, 0.1) is 11.5 Å². The van der Waals surface area contributed by atoms with Crippen LogP contribution >= 0.6 is 11.3 Å². The molecule has 1 unspecified atom stereocenters. The Hall–Kier alpha value is -0.850. The summed E-state index contributed by atoms with van der Waals surface area (Å²) in [4.78, 5) is 2.12. The minimum absolute atomic E-state index is 0.610. The lowest BCUT2D eigenvalue weighted by atomic mass is 9.68. The molecule has 98 valence electrons. The third-order valence-corrected chi connectivity index (χ3v) is 5.53. The van der Waals surface area contributed by atoms with Crippen LogP contribution < -0.4 is 0 Å². The third kappa shape index (κ3) is 2.20. The van der Waals surface area contributed by atoms with Crippen LogP contribution in [0.25, 0.3) is 0 Å². The Morgan fingerprint density at radius 1 is 1.28 bits per heavy atom. The van der Waals surface area contributed by atoms with E-state index in [4.69, 9.17) is 0 Å². The molecule has 0 aromatic carbocycles. The van der Waals surface area contributed by atoms with Gasteiger partial charge in [0, 0.05) is 9.75 Å². The van der Waals surface area contributed by atoms with Crippen LogP contribution in [0.2, 0.25) is 0 Å². The highest BCUT2D eigenvalue weighted by atomic mass is 32.1. The number of hydrogen-bond donors (Lipinski definition) is 1. The van der Waals surface area contributed by atoms with Crippen LogP contribution in [-0.4, -0.2) is 5.11 Å². The average Bonchev–Trinajstić information content (AvgIpc) is 2.65. The van der Waals surface area contributed by atoms with E-state index >= 15 is 0 Å². The van der Waals surface area contributed by atoms with Crippen molar-refractivity contribution in [3.63, 3.8) is 0 Å². The van der Waals surface area contributed by atoms with Gasteiger partial charge in [-0.3, -0.25) is 0 Å². The fourth-order valence-corrected chi connectivity index (χ4v) is 3.98. The molecule has 2 nitrogen and oxygen atoms in total. The van der Waals surface area contributed by atoms with Crippen LogP contribution in [-0.2, 0) is 5.60 Å². The molecule has 0 spiro atoms. The standard InChI is InChI=1S/C15H21NOS/c1-12-7-8-13(18-12)14(2,17)15(11-16)9-5-3-4-6-10-15/h7-8,17H,3-6,9-10H2,1-2H3. The Morgan fingerprint density at radius 3 is 2.33 bits per heavy atom. The van der Waals surface area contributed by atoms with Crippen molar-refractivity contribution in [2.45, 2.75) is 58.0 Å². The van der Waals surface area contributed by atoms with Crippen LogP contribution in [0.4, 0.5) is 0 Å². The molecule has 18 heavy (non-hydrogen) atoms. The molecule has 0 bridgehead atoms. The molecular weight excluding hydrogens is 242 g/mol. The number of thiophene rings is 1. The van der Waals surface area contributed by atoms with E-state index in [1.807, 2.05) is 26.0 Å². The first-order chi connectivity index (χ1) is 8.52. The van der Waals surface area contributed by atoms with Crippen molar-refractivity contribution in [3.05, 3.63) is 21.9 Å². The molecule has 1 saturated carbocycles. The first-order valence-electron chi connectivity index (χ1n) is 6.72. The Labute approximate surface area is 113 Å². The smallest absolute Gasteiger partial charge is 0.114 e. The van der Waals surface area contributed by atoms with Gasteiger partial charge in [-0.2, -0.15) is 5.26 Å². The van der Waals surface area contributed by atoms with Gasteiger partial charge in [0.25, 0.3) is 0 Å². The lowest BCUT2D eigenvalue weighted by Crippen LogP contribution is -2.41. The van der Waals surface area contributed by atoms with Crippen molar-refractivity contribution in [3.8, 4) is 6.07 Å². The second-order valence-corrected chi connectivity index (χ2v) is 6.88. The van der Waals surface area contributed by atoms with Crippen LogP contribution in [0.15, 0.2) is 12.1 Å². The summed E-state index contributed by atoms with van der Waals surface area (Å²) in [6.45, 7) is 3.86. The van der Waals surface area contributed by atoms with Gasteiger partial charge in [-0.15, -0.1) is 11.3 Å². The van der Waals surface area contributed by atoms with E-state index in [1.165, 1.54) is 17.7 Å². The third-order valence-electron chi connectivity index (χ3n) is 4.32. The van der Waals surface area contributed by atoms with Gasteiger partial charge in [0.15, 0.2) is 0 Å². The second kappa shape index (κ2) is 5.03. The Morgan fingerprint density at radius 2 is 1.89 bits per heavy atom. The minimum atomic E-state index is -1.02. The number of nitriles is 1. The SMILES string of the molecule is Cc1ccc(C(C)(O)C2(C#N)CCCCCC2)s1. The van der Waals surface area contributed by atoms with Crippen molar-refractivity contribution < 1.29 is 5.11 Å². The first-order valence-corrected chi connectivity index (χ1v) is 7.54. The first kappa shape index (κ1) is 13.6. The Kier molecular flexibility index (Phi) is 3.79. The summed E-state index contributed by atoms with van der Waals surface area (Å²) >= 11 is 1.61. The van der Waals surface area contributed by atoms with Crippen molar-refractivity contribution in [1.29, 1.82) is 5.26 Å². The van der Waals surface area contributed by atoms with Gasteiger partial charge in [0.1, 0.15) is 5.60 Å². The predicted molar refractivity (Wildman–Crippen MR) is 74.4 cm³/mol. The zero-order valence-corrected chi connectivity index (χ0v) is 12.0. The zero-order chi connectivity index (χ0) is 13.2. The minimum Gasteiger partial charge on any atom is -0.383 e. The summed E-state index contributed by atoms with van der Waals surface area (Å²) in [5.74, 6) is 0. The summed E-state index contributed by atoms with van der Waals surface area (Å²) in [7, 11) is 0. The van der Waals surface area contributed by atoms with Crippen molar-refractivity contribution in [1.82, 2.24) is 0 Å². The summed E-state index contributed by atoms with van der Waals surface area (Å²) in [5, 5.41) is 20.7. The van der Waals surface area contributed by atoms with E-state index in [0.29, 0.717) is 0 Å². The molecule has 1 N–H and O–H groups in total. The summed E-state index contributed by atoms with van der Waals surface area (Å²) in [6, 6.07) is 6.46. The van der Waals surface area contributed by atoms with E-state index < -0.39 is 11.0 Å². The Balaban J connectivity index is 2.38. The predicted octanol–water partition coefficient (Wildman–Crippen LogP) is 4.13. The highest BCUT2D eigenvalue weighted by Gasteiger charge is 2.49. The molecule has 1 aliphatic rings. The maximum Gasteiger partial charge on any atom is 0.114 e. The molecule has 3 heteroatoms. The highest BCUT2D eigenvalue weighted by Crippen LogP contribution is 2.49. The zero-order valence-electron chi connectivity index (χ0n) is 11.2. The van der Waals surface area contributed by atoms with Gasteiger partial charge in [-0.05, 0) is 38.8 Å². The van der Waals surface area contributed by atoms with Crippen LogP contribution in [0.1, 0.15) is 55.2 Å². The molecule has 2 rings (SSSR count). The number of nitrogens with zero attached hydrogens (tertiary/aromatic N) is 1. The monoisotopic (exact) mass is 263 g/mol. The van der Waals surface area contributed by atoms with Crippen molar-refractivity contribution in [2.75, 3.05) is 0 Å². The van der Waals surface area contributed by atoms with Crippen molar-refractivity contribution in [2.24, 2.45) is 5.41 Å². The molecule has 1 aromatic heterocycles. The van der Waals surface area contributed by atoms with E-state index in [-0.39, 0.29) is 0 Å². The molecular formula is C15H21NOS. The lowest BCUT2D eigenvalue weighted by Gasteiger charge is -2.39. The van der Waals surface area contributed by atoms with E-state index in [0.717, 1.165) is 30.6 Å². The van der Waals surface area contributed by atoms with Gasteiger partial charge < -0.3 is 5.11 Å². The number of aryl methyl sites for hydroxylation is 1. The van der Waals surface area contributed by atoms with Crippen LogP contribution in [0, 0.1) is 23.7 Å². The maximum absolute atomic E-state index is 11.0. The van der Waals surface area contributed by atoms with Crippen LogP contribution in [0.3, 0.4) is 0 Å². The van der Waals surface area contributed by atoms with E-state index in [1.54, 1.807) is 11.3 Å². The fourth-order valence-electron chi connectivity index (χ4n) is 2.97. The molecule has 1 aliphatic carbocycles. The van der Waals surface area contributed by atoms with Crippen LogP contribution in [0.5, 0.6) is 0 Å². The summed E-state index contributed by atoms with van der Waals surface area (Å²) in [6.07, 6.45) is 6.09. The summed E-state index contributed by atoms with van der Waals surface area (Å²) in [5.41, 5.74) is -1.63. The molecule has 1 fully saturated rings. The number of aliphatic hydroxyl groups is 1. The maximum atomic E-state index is 11.0. The molecule has 0 aliphatic heterocycles. The lowest BCUT2D eigenvalue weighted by molar-refractivity contribution is -0.0503. The molecule has 0 saturated heterocycles. The molecule has 1 heterocycles. The number of rotatable bonds is 2. The Bertz CT molecular complexity index is 447. The van der Waals surface area contributed by atoms with Gasteiger partial charge >= 0.3 is 0 Å². The molecule has 1 aromatic rings. The summed E-state index contributed by atoms with van der Waals surface area (Å²) < 4.78 is 0. The topological polar surface area (TPSA) is 44.0 Å². The quantitative estimate of drug-likeness (QED) is 0.815. The largest absolute Gasteiger partial charge is 0.383 e. The average molecular weight is 263 g/mol. The fraction of sp³-hybridized carbons (Fsp3) is 0.667. The normalized spacial score (nSPS) is 22.8. The highest BCUT2D eigenvalue weighted by molar-refractivity contribution is 7.12. The second-order valence-electron chi connectivity index (χ2n) is 5.59. The number of hydrogen-bond acceptors (Lipinski definition) is 3. The molecule has 0 radical (unpaired) electrons. The van der Waals surface area contributed by atoms with Crippen molar-refractivity contribution >= 4 is 11.3 Å². The van der Waals surface area contributed by atoms with E-state index in [9.17, 15) is 10.4 Å². The van der Waals surface area contributed by atoms with Gasteiger partial charge in [0.2, 0.25) is 0 Å². The molecule has 0 amide bonds. The van der Waals surface area contributed by atoms with Gasteiger partial charge in [-0.1, -0.05) is 25.7 Å².